The van der Waals surface area contributed by atoms with Crippen LogP contribution in [-0.4, -0.2) is 34.8 Å². The van der Waals surface area contributed by atoms with Crippen molar-refractivity contribution in [3.63, 3.8) is 0 Å². The summed E-state index contributed by atoms with van der Waals surface area (Å²) < 4.78 is 27.4. The average molecular weight is 535 g/mol. The molecule has 0 saturated heterocycles. The molecule has 0 saturated carbocycles. The van der Waals surface area contributed by atoms with Crippen LogP contribution in [-0.2, 0) is 22.2 Å². The number of hydrogen-bond donors (Lipinski definition) is 0. The summed E-state index contributed by atoms with van der Waals surface area (Å²) in [5.41, 5.74) is 3.69. The molecule has 0 aliphatic carbocycles. The van der Waals surface area contributed by atoms with Gasteiger partial charge in [0, 0.05) is 53.2 Å². The third-order valence-corrected chi connectivity index (χ3v) is 9.15. The van der Waals surface area contributed by atoms with E-state index in [9.17, 15) is 13.2 Å². The summed E-state index contributed by atoms with van der Waals surface area (Å²) in [4.78, 5) is 24.4. The number of aromatic nitrogens is 3. The van der Waals surface area contributed by atoms with Gasteiger partial charge < -0.3 is 4.90 Å². The van der Waals surface area contributed by atoms with Crippen LogP contribution in [0.15, 0.2) is 79.3 Å². The van der Waals surface area contributed by atoms with Crippen LogP contribution in [0.5, 0.6) is 0 Å². The van der Waals surface area contributed by atoms with Gasteiger partial charge >= 0.3 is 0 Å². The van der Waals surface area contributed by atoms with Gasteiger partial charge in [-0.3, -0.25) is 9.78 Å². The van der Waals surface area contributed by atoms with Crippen molar-refractivity contribution >= 4 is 55.5 Å². The van der Waals surface area contributed by atoms with Crippen LogP contribution < -0.4 is 4.90 Å². The number of nitrogens with zero attached hydrogens (tertiary/aromatic N) is 4. The quantitative estimate of drug-likeness (QED) is 0.301. The Balaban J connectivity index is 1.29. The number of amides is 1. The molecule has 0 atom stereocenters. The van der Waals surface area contributed by atoms with Gasteiger partial charge in [0.15, 0.2) is 0 Å². The number of carbonyl (C=O) groups excluding carboxylic acids is 1. The van der Waals surface area contributed by atoms with Crippen LogP contribution in [0.3, 0.4) is 0 Å². The van der Waals surface area contributed by atoms with Crippen LogP contribution >= 0.6 is 22.9 Å². The van der Waals surface area contributed by atoms with E-state index < -0.39 is 10.0 Å². The molecule has 2 aromatic carbocycles. The van der Waals surface area contributed by atoms with Crippen molar-refractivity contribution in [2.75, 3.05) is 11.4 Å². The third-order valence-electron chi connectivity index (χ3n) is 6.15. The van der Waals surface area contributed by atoms with Crippen LogP contribution in [0, 0.1) is 0 Å². The lowest BCUT2D eigenvalue weighted by Crippen LogP contribution is -2.36. The SMILES string of the molecule is O=C1c2sc(-c3ccc(Cl)cc3)nc2CCN1c1ccc2c(ccn2S(=O)(=O)Cc2ccncc2)c1. The molecule has 5 aromatic rings. The highest BCUT2D eigenvalue weighted by molar-refractivity contribution is 7.89. The summed E-state index contributed by atoms with van der Waals surface area (Å²) in [6.45, 7) is 0.502. The summed E-state index contributed by atoms with van der Waals surface area (Å²) in [5.74, 6) is -0.228. The Bertz CT molecular complexity index is 1710. The first-order chi connectivity index (χ1) is 17.4. The molecular formula is C26H19ClN4O3S2. The molecular weight excluding hydrogens is 516 g/mol. The van der Waals surface area contributed by atoms with Gasteiger partial charge in [0.1, 0.15) is 9.88 Å². The Morgan fingerprint density at radius 3 is 2.56 bits per heavy atom. The van der Waals surface area contributed by atoms with Gasteiger partial charge in [0.05, 0.1) is 17.0 Å². The van der Waals surface area contributed by atoms with Crippen molar-refractivity contribution in [1.29, 1.82) is 0 Å². The predicted molar refractivity (Wildman–Crippen MR) is 142 cm³/mol. The Labute approximate surface area is 216 Å². The maximum Gasteiger partial charge on any atom is 0.270 e. The maximum atomic E-state index is 13.4. The first-order valence-corrected chi connectivity index (χ1v) is 14.0. The number of fused-ring (bicyclic) bond motifs is 2. The highest BCUT2D eigenvalue weighted by atomic mass is 35.5. The van der Waals surface area contributed by atoms with E-state index in [1.807, 2.05) is 30.3 Å². The molecule has 7 nitrogen and oxygen atoms in total. The number of hydrogen-bond acceptors (Lipinski definition) is 6. The van der Waals surface area contributed by atoms with Gasteiger partial charge in [-0.1, -0.05) is 23.7 Å². The van der Waals surface area contributed by atoms with Gasteiger partial charge in [0.2, 0.25) is 10.0 Å². The molecule has 4 heterocycles. The van der Waals surface area contributed by atoms with E-state index in [4.69, 9.17) is 16.6 Å². The van der Waals surface area contributed by atoms with Gasteiger partial charge in [0.25, 0.3) is 5.91 Å². The van der Waals surface area contributed by atoms with E-state index >= 15 is 0 Å². The first kappa shape index (κ1) is 22.9. The lowest BCUT2D eigenvalue weighted by molar-refractivity contribution is 0.0984. The van der Waals surface area contributed by atoms with Crippen molar-refractivity contribution in [2.45, 2.75) is 12.2 Å². The normalized spacial score (nSPS) is 13.8. The number of anilines is 1. The third kappa shape index (κ3) is 4.09. The fraction of sp³-hybridized carbons (Fsp3) is 0.115. The van der Waals surface area contributed by atoms with E-state index in [1.165, 1.54) is 15.3 Å². The van der Waals surface area contributed by atoms with Crippen LogP contribution in [0.1, 0.15) is 20.9 Å². The lowest BCUT2D eigenvalue weighted by atomic mass is 10.1. The molecule has 1 aliphatic heterocycles. The van der Waals surface area contributed by atoms with Gasteiger partial charge in [-0.05, 0) is 54.1 Å². The van der Waals surface area contributed by atoms with Crippen LogP contribution in [0.2, 0.25) is 5.02 Å². The zero-order valence-electron chi connectivity index (χ0n) is 18.8. The maximum absolute atomic E-state index is 13.4. The number of halogens is 1. The topological polar surface area (TPSA) is 85.2 Å². The molecule has 0 radical (unpaired) electrons. The van der Waals surface area contributed by atoms with E-state index in [1.54, 1.807) is 53.8 Å². The second kappa shape index (κ2) is 8.85. The van der Waals surface area contributed by atoms with Crippen molar-refractivity contribution in [1.82, 2.24) is 13.9 Å². The van der Waals surface area contributed by atoms with Crippen LogP contribution in [0.4, 0.5) is 5.69 Å². The minimum Gasteiger partial charge on any atom is -0.307 e. The van der Waals surface area contributed by atoms with Gasteiger partial charge in [-0.2, -0.15) is 0 Å². The molecule has 1 aliphatic rings. The van der Waals surface area contributed by atoms with E-state index in [0.29, 0.717) is 33.9 Å². The lowest BCUT2D eigenvalue weighted by Gasteiger charge is -2.26. The number of benzene rings is 2. The number of thiazole rings is 1. The second-order valence-corrected chi connectivity index (χ2v) is 11.8. The summed E-state index contributed by atoms with van der Waals surface area (Å²) in [7, 11) is -3.62. The van der Waals surface area contributed by atoms with Crippen LogP contribution in [0.25, 0.3) is 21.5 Å². The summed E-state index contributed by atoms with van der Waals surface area (Å²) in [6, 6.07) is 18.0. The Kier molecular flexibility index (Phi) is 5.63. The molecule has 0 fully saturated rings. The summed E-state index contributed by atoms with van der Waals surface area (Å²) in [6.07, 6.45) is 5.36. The number of carbonyl (C=O) groups is 1. The smallest absolute Gasteiger partial charge is 0.270 e. The van der Waals surface area contributed by atoms with Crippen molar-refractivity contribution < 1.29 is 13.2 Å². The molecule has 1 amide bonds. The molecule has 36 heavy (non-hydrogen) atoms. The second-order valence-electron chi connectivity index (χ2n) is 8.47. The zero-order valence-corrected chi connectivity index (χ0v) is 21.2. The molecule has 3 aromatic heterocycles. The fourth-order valence-corrected chi connectivity index (χ4v) is 7.02. The fourth-order valence-electron chi connectivity index (χ4n) is 4.37. The van der Waals surface area contributed by atoms with Gasteiger partial charge in [-0.15, -0.1) is 11.3 Å². The summed E-state index contributed by atoms with van der Waals surface area (Å²) >= 11 is 7.38. The Morgan fingerprint density at radius 2 is 1.78 bits per heavy atom. The zero-order chi connectivity index (χ0) is 24.9. The largest absolute Gasteiger partial charge is 0.307 e. The highest BCUT2D eigenvalue weighted by Crippen LogP contribution is 2.35. The Morgan fingerprint density at radius 1 is 1.00 bits per heavy atom. The summed E-state index contributed by atoms with van der Waals surface area (Å²) in [5, 5.41) is 2.19. The number of pyridine rings is 1. The molecule has 180 valence electrons. The van der Waals surface area contributed by atoms with Crippen molar-refractivity contribution in [3.8, 4) is 10.6 Å². The average Bonchev–Trinajstić information content (AvgIpc) is 3.50. The molecule has 6 rings (SSSR count). The first-order valence-electron chi connectivity index (χ1n) is 11.2. The standard InChI is InChI=1S/C26H19ClN4O3S2/c27-20-3-1-18(2-4-20)25-29-22-10-13-30(26(32)24(22)35-25)21-5-6-23-19(15-21)9-14-31(23)36(33,34)16-17-7-11-28-12-8-17/h1-9,11-12,14-15H,10,13,16H2. The molecule has 0 unspecified atom stereocenters. The molecule has 10 heteroatoms. The molecule has 0 spiro atoms. The van der Waals surface area contributed by atoms with E-state index in [0.717, 1.165) is 27.3 Å². The monoisotopic (exact) mass is 534 g/mol. The van der Waals surface area contributed by atoms with E-state index in [-0.39, 0.29) is 11.7 Å². The minimum atomic E-state index is -3.62. The molecule has 0 N–H and O–H groups in total. The van der Waals surface area contributed by atoms with Gasteiger partial charge in [-0.25, -0.2) is 17.4 Å². The Hall–Kier alpha value is -3.53. The van der Waals surface area contributed by atoms with Crippen molar-refractivity contribution in [3.05, 3.63) is 100 Å². The van der Waals surface area contributed by atoms with Crippen molar-refractivity contribution in [2.24, 2.45) is 0 Å². The molecule has 0 bridgehead atoms. The highest BCUT2D eigenvalue weighted by Gasteiger charge is 2.30. The van der Waals surface area contributed by atoms with E-state index in [2.05, 4.69) is 4.98 Å². The number of rotatable bonds is 5. The predicted octanol–water partition coefficient (Wildman–Crippen LogP) is 5.39. The minimum absolute atomic E-state index is 0.0990.